The molecule has 58 heavy (non-hydrogen) atoms. The molecule has 0 aromatic carbocycles. The number of amides is 1. The zero-order valence-electron chi connectivity index (χ0n) is 36.5. The van der Waals surface area contributed by atoms with E-state index in [0.717, 1.165) is 10.5 Å². The van der Waals surface area contributed by atoms with Gasteiger partial charge in [-0.3, -0.25) is 9.59 Å². The summed E-state index contributed by atoms with van der Waals surface area (Å²) in [5, 5.41) is 46.3. The van der Waals surface area contributed by atoms with Crippen LogP contribution in [0.5, 0.6) is 0 Å². The van der Waals surface area contributed by atoms with Gasteiger partial charge in [-0.25, -0.2) is 4.79 Å². The maximum atomic E-state index is 14.6. The molecule has 4 aliphatic rings. The van der Waals surface area contributed by atoms with Gasteiger partial charge in [-0.2, -0.15) is 0 Å². The van der Waals surface area contributed by atoms with Crippen molar-refractivity contribution in [3.05, 3.63) is 23.3 Å². The molecule has 16 atom stereocenters. The van der Waals surface area contributed by atoms with Crippen LogP contribution in [0.3, 0.4) is 0 Å². The molecule has 4 N–H and O–H groups in total. The maximum absolute atomic E-state index is 14.6. The van der Waals surface area contributed by atoms with Gasteiger partial charge in [-0.1, -0.05) is 45.4 Å². The second-order valence-corrected chi connectivity index (χ2v) is 17.7. The van der Waals surface area contributed by atoms with E-state index in [0.29, 0.717) is 56.9 Å². The number of carbonyl (C=O) groups is 3. The second-order valence-electron chi connectivity index (χ2n) is 17.7. The maximum Gasteiger partial charge on any atom is 0.329 e. The first-order valence-electron chi connectivity index (χ1n) is 21.4. The lowest BCUT2D eigenvalue weighted by atomic mass is 9.81. The SMILES string of the molecule is CC[C@@H]1/C=C(\C)C[C@H](C)C[C@H](OC)[C@H]2O[C@@](O)(C(O)C(=O)N3[C@@H](OC)CCC[C@H]3C(=O)O[C@H](/C(C)=C/[C@@H]3CC[C@@H](O)[C@H](OC)C3)[C@H](C)[C@@H](O)CC1=O)[C@H](C)C[C@@H]2OC. The van der Waals surface area contributed by atoms with Crippen LogP contribution in [0.25, 0.3) is 0 Å². The Hall–Kier alpha value is -2.27. The van der Waals surface area contributed by atoms with Crippen LogP contribution >= 0.6 is 0 Å². The molecule has 3 heterocycles. The lowest BCUT2D eigenvalue weighted by molar-refractivity contribution is -0.347. The minimum atomic E-state index is -2.38. The van der Waals surface area contributed by atoms with Crippen molar-refractivity contribution in [3.8, 4) is 0 Å². The predicted molar refractivity (Wildman–Crippen MR) is 215 cm³/mol. The third-order valence-corrected chi connectivity index (χ3v) is 13.4. The van der Waals surface area contributed by atoms with Crippen molar-refractivity contribution in [1.29, 1.82) is 0 Å². The van der Waals surface area contributed by atoms with Gasteiger partial charge in [0, 0.05) is 52.6 Å². The number of esters is 1. The van der Waals surface area contributed by atoms with E-state index in [9.17, 15) is 34.8 Å². The highest BCUT2D eigenvalue weighted by atomic mass is 16.7. The number of methoxy groups -OCH3 is 4. The Morgan fingerprint density at radius 3 is 2.16 bits per heavy atom. The minimum Gasteiger partial charge on any atom is -0.456 e. The standard InChI is InChI=1S/C44H73NO13/c1-11-30-18-24(2)17-25(3)19-36(54-8)40-37(55-9)21-27(5)44(52,58-40)41(49)42(50)45-31(13-12-14-38(45)56-10)43(51)57-39(28(6)33(47)23-34(30)48)26(4)20-29-15-16-32(46)35(22-29)53-7/h18,20,25,27-33,35-41,46-47,49,52H,11-17,19,21-23H2,1-10H3/b24-18+,26-20+/t25-,27+,28+,29-,30+,31-,32+,33-,35+,36-,37-,38-,39+,40+,41?,44+/m0/s1. The number of hydrogen-bond donors (Lipinski definition) is 4. The molecule has 332 valence electrons. The van der Waals surface area contributed by atoms with Crippen molar-refractivity contribution in [1.82, 2.24) is 4.90 Å². The highest BCUT2D eigenvalue weighted by molar-refractivity contribution is 5.88. The van der Waals surface area contributed by atoms with Crippen molar-refractivity contribution in [2.75, 3.05) is 28.4 Å². The Balaban J connectivity index is 1.81. The molecule has 14 nitrogen and oxygen atoms in total. The monoisotopic (exact) mass is 824 g/mol. The molecule has 4 rings (SSSR count). The summed E-state index contributed by atoms with van der Waals surface area (Å²) in [7, 11) is 6.06. The second kappa shape index (κ2) is 21.5. The number of nitrogens with zero attached hydrogens (tertiary/aromatic N) is 1. The summed E-state index contributed by atoms with van der Waals surface area (Å²) in [4.78, 5) is 44.1. The summed E-state index contributed by atoms with van der Waals surface area (Å²) < 4.78 is 35.8. The Morgan fingerprint density at radius 2 is 1.53 bits per heavy atom. The van der Waals surface area contributed by atoms with Gasteiger partial charge < -0.3 is 53.7 Å². The lowest BCUT2D eigenvalue weighted by Crippen LogP contribution is -2.67. The number of rotatable bonds is 7. The Kier molecular flexibility index (Phi) is 17.9. The van der Waals surface area contributed by atoms with Gasteiger partial charge in [0.15, 0.2) is 6.10 Å². The number of aliphatic hydroxyl groups excluding tert-OH is 3. The summed E-state index contributed by atoms with van der Waals surface area (Å²) in [6.07, 6.45) is 0.347. The molecule has 3 fully saturated rings. The molecule has 1 saturated carbocycles. The molecule has 2 saturated heterocycles. The first-order valence-corrected chi connectivity index (χ1v) is 21.4. The summed E-state index contributed by atoms with van der Waals surface area (Å²) in [5.41, 5.74) is 1.65. The van der Waals surface area contributed by atoms with Gasteiger partial charge in [0.05, 0.1) is 30.5 Å². The predicted octanol–water partition coefficient (Wildman–Crippen LogP) is 4.24. The highest BCUT2D eigenvalue weighted by Gasteiger charge is 2.57. The number of ketones is 1. The average molecular weight is 824 g/mol. The molecule has 0 spiro atoms. The third-order valence-electron chi connectivity index (χ3n) is 13.4. The number of fused-ring (bicyclic) bond motifs is 3. The number of carbonyl (C=O) groups excluding carboxylic acids is 3. The number of cyclic esters (lactones) is 1. The molecule has 0 radical (unpaired) electrons. The van der Waals surface area contributed by atoms with Crippen molar-refractivity contribution in [2.24, 2.45) is 29.6 Å². The van der Waals surface area contributed by atoms with Crippen molar-refractivity contribution >= 4 is 17.7 Å². The van der Waals surface area contributed by atoms with Crippen LogP contribution in [0, 0.1) is 29.6 Å². The van der Waals surface area contributed by atoms with Gasteiger partial charge in [-0.05, 0) is 95.5 Å². The molecule has 3 aliphatic heterocycles. The number of piperidine rings is 1. The van der Waals surface area contributed by atoms with Crippen molar-refractivity contribution in [2.45, 2.75) is 179 Å². The summed E-state index contributed by atoms with van der Waals surface area (Å²) in [6.45, 7) is 11.2. The smallest absolute Gasteiger partial charge is 0.329 e. The molecule has 1 aliphatic carbocycles. The van der Waals surface area contributed by atoms with Crippen LogP contribution in [0.4, 0.5) is 0 Å². The molecule has 0 aromatic rings. The van der Waals surface area contributed by atoms with Gasteiger partial charge in [0.25, 0.3) is 5.91 Å². The summed E-state index contributed by atoms with van der Waals surface area (Å²) in [5.74, 6) is -6.15. The van der Waals surface area contributed by atoms with Crippen molar-refractivity contribution in [3.63, 3.8) is 0 Å². The number of hydrogen-bond acceptors (Lipinski definition) is 13. The van der Waals surface area contributed by atoms with Crippen LogP contribution < -0.4 is 0 Å². The zero-order valence-corrected chi connectivity index (χ0v) is 36.5. The first-order chi connectivity index (χ1) is 27.4. The van der Waals surface area contributed by atoms with Crippen LogP contribution in [0.15, 0.2) is 23.3 Å². The molecule has 14 heteroatoms. The van der Waals surface area contributed by atoms with E-state index < -0.39 is 90.4 Å². The molecule has 1 unspecified atom stereocenters. The fraction of sp³-hybridized carbons (Fsp3) is 0.841. The number of aliphatic hydroxyl groups is 4. The third kappa shape index (κ3) is 11.2. The van der Waals surface area contributed by atoms with E-state index in [1.807, 2.05) is 32.9 Å². The number of allylic oxidation sites excluding steroid dienone is 3. The lowest BCUT2D eigenvalue weighted by Gasteiger charge is -2.50. The van der Waals surface area contributed by atoms with Gasteiger partial charge in [0.1, 0.15) is 30.3 Å². The van der Waals surface area contributed by atoms with Crippen LogP contribution in [-0.2, 0) is 42.8 Å². The van der Waals surface area contributed by atoms with Crippen LogP contribution in [0.2, 0.25) is 0 Å². The average Bonchev–Trinajstić information content (AvgIpc) is 3.20. The quantitative estimate of drug-likeness (QED) is 0.211. The molecular formula is C44H73NO13. The molecule has 2 bridgehead atoms. The first kappa shape index (κ1) is 48.4. The van der Waals surface area contributed by atoms with Gasteiger partial charge in [0.2, 0.25) is 5.79 Å². The van der Waals surface area contributed by atoms with Gasteiger partial charge >= 0.3 is 5.97 Å². The number of Topliss-reactive ketones (excluding diaryl/α,β-unsaturated/α-hetero) is 1. The summed E-state index contributed by atoms with van der Waals surface area (Å²) >= 11 is 0. The highest BCUT2D eigenvalue weighted by Crippen LogP contribution is 2.41. The van der Waals surface area contributed by atoms with Crippen molar-refractivity contribution < 1.29 is 63.2 Å². The molecule has 0 aromatic heterocycles. The van der Waals surface area contributed by atoms with E-state index in [1.54, 1.807) is 35.2 Å². The Bertz CT molecular complexity index is 1440. The largest absolute Gasteiger partial charge is 0.456 e. The zero-order chi connectivity index (χ0) is 43.1. The van der Waals surface area contributed by atoms with Crippen LogP contribution in [0.1, 0.15) is 112 Å². The Labute approximate surface area is 345 Å². The molecule has 1 amide bonds. The van der Waals surface area contributed by atoms with E-state index in [2.05, 4.69) is 6.92 Å². The Morgan fingerprint density at radius 1 is 0.879 bits per heavy atom. The fourth-order valence-electron chi connectivity index (χ4n) is 9.81. The van der Waals surface area contributed by atoms with E-state index >= 15 is 0 Å². The minimum absolute atomic E-state index is 0.0126. The van der Waals surface area contributed by atoms with E-state index in [4.69, 9.17) is 28.4 Å². The topological polar surface area (TPSA) is 191 Å². The number of ether oxygens (including phenoxy) is 6. The van der Waals surface area contributed by atoms with E-state index in [1.165, 1.54) is 7.11 Å². The summed E-state index contributed by atoms with van der Waals surface area (Å²) in [6, 6.07) is -1.21. The molecular weight excluding hydrogens is 750 g/mol. The fourth-order valence-corrected chi connectivity index (χ4v) is 9.81. The van der Waals surface area contributed by atoms with Crippen LogP contribution in [-0.4, -0.2) is 138 Å². The van der Waals surface area contributed by atoms with Gasteiger partial charge in [-0.15, -0.1) is 0 Å². The van der Waals surface area contributed by atoms with E-state index in [-0.39, 0.29) is 43.0 Å². The normalized spacial score (nSPS) is 43.1.